The lowest BCUT2D eigenvalue weighted by atomic mass is 9.87. The van der Waals surface area contributed by atoms with Crippen LogP contribution in [0.15, 0.2) is 70.0 Å². The van der Waals surface area contributed by atoms with Crippen molar-refractivity contribution in [3.63, 3.8) is 0 Å². The summed E-state index contributed by atoms with van der Waals surface area (Å²) in [6.07, 6.45) is 1.84. The average molecular weight is 344 g/mol. The predicted octanol–water partition coefficient (Wildman–Crippen LogP) is 4.51. The molecule has 0 saturated heterocycles. The first-order chi connectivity index (χ1) is 12.4. The van der Waals surface area contributed by atoms with Crippen molar-refractivity contribution in [2.45, 2.75) is 26.2 Å². The molecule has 1 N–H and O–H groups in total. The maximum Gasteiger partial charge on any atom is 0.347 e. The van der Waals surface area contributed by atoms with Crippen LogP contribution in [0.5, 0.6) is 0 Å². The summed E-state index contributed by atoms with van der Waals surface area (Å²) in [5.74, 6) is 0. The van der Waals surface area contributed by atoms with Gasteiger partial charge >= 0.3 is 5.63 Å². The molecule has 0 atom stereocenters. The van der Waals surface area contributed by atoms with Crippen LogP contribution in [0.2, 0.25) is 0 Å². The van der Waals surface area contributed by atoms with E-state index in [1.165, 1.54) is 5.56 Å². The van der Waals surface area contributed by atoms with Crippen LogP contribution in [-0.2, 0) is 5.41 Å². The van der Waals surface area contributed by atoms with Crippen molar-refractivity contribution < 1.29 is 4.42 Å². The Morgan fingerprint density at radius 1 is 0.923 bits per heavy atom. The molecule has 4 heteroatoms. The van der Waals surface area contributed by atoms with E-state index < -0.39 is 5.63 Å². The quantitative estimate of drug-likeness (QED) is 0.408. The Labute approximate surface area is 150 Å². The number of pyridine rings is 1. The third kappa shape index (κ3) is 2.54. The number of benzene rings is 2. The third-order valence-corrected chi connectivity index (χ3v) is 4.73. The molecule has 0 unspecified atom stereocenters. The number of hydrogen-bond acceptors (Lipinski definition) is 3. The van der Waals surface area contributed by atoms with Crippen molar-refractivity contribution in [2.75, 3.05) is 0 Å². The number of fused-ring (bicyclic) bond motifs is 3. The molecule has 0 bridgehead atoms. The molecule has 0 spiro atoms. The van der Waals surface area contributed by atoms with Crippen LogP contribution in [-0.4, -0.2) is 4.57 Å². The number of para-hydroxylation sites is 1. The zero-order valence-corrected chi connectivity index (χ0v) is 15.0. The fourth-order valence-corrected chi connectivity index (χ4v) is 3.25. The standard InChI is InChI=1S/C22H20N2O2/c1-22(2,3)14-8-10-15(11-9-14)24-13-12-17-16-6-4-5-7-18(16)26-21(25)19(17)20(24)23/h4-13,23H,1-3H3. The van der Waals surface area contributed by atoms with Gasteiger partial charge in [0.2, 0.25) is 0 Å². The summed E-state index contributed by atoms with van der Waals surface area (Å²) in [5, 5.41) is 10.4. The second kappa shape index (κ2) is 5.70. The van der Waals surface area contributed by atoms with Gasteiger partial charge in [0.25, 0.3) is 0 Å². The molecule has 4 aromatic rings. The van der Waals surface area contributed by atoms with Gasteiger partial charge in [-0.2, -0.15) is 0 Å². The molecule has 26 heavy (non-hydrogen) atoms. The third-order valence-electron chi connectivity index (χ3n) is 4.73. The summed E-state index contributed by atoms with van der Waals surface area (Å²) in [5.41, 5.74) is 2.32. The van der Waals surface area contributed by atoms with Gasteiger partial charge in [0.05, 0.1) is 0 Å². The summed E-state index contributed by atoms with van der Waals surface area (Å²) in [7, 11) is 0. The normalized spacial score (nSPS) is 12.0. The van der Waals surface area contributed by atoms with E-state index in [1.54, 1.807) is 10.6 Å². The van der Waals surface area contributed by atoms with E-state index in [2.05, 4.69) is 32.9 Å². The zero-order valence-electron chi connectivity index (χ0n) is 15.0. The van der Waals surface area contributed by atoms with Crippen LogP contribution in [0.1, 0.15) is 26.3 Å². The van der Waals surface area contributed by atoms with E-state index >= 15 is 0 Å². The number of nitrogens with zero attached hydrogens (tertiary/aromatic N) is 1. The first kappa shape index (κ1) is 16.3. The summed E-state index contributed by atoms with van der Waals surface area (Å²) < 4.78 is 7.13. The summed E-state index contributed by atoms with van der Waals surface area (Å²) in [4.78, 5) is 12.5. The van der Waals surface area contributed by atoms with Gasteiger partial charge < -0.3 is 8.98 Å². The predicted molar refractivity (Wildman–Crippen MR) is 104 cm³/mol. The van der Waals surface area contributed by atoms with Crippen LogP contribution in [0.25, 0.3) is 27.4 Å². The van der Waals surface area contributed by atoms with Gasteiger partial charge in [-0.3, -0.25) is 5.41 Å². The van der Waals surface area contributed by atoms with E-state index in [4.69, 9.17) is 9.83 Å². The monoisotopic (exact) mass is 344 g/mol. The molecule has 0 fully saturated rings. The first-order valence-corrected chi connectivity index (χ1v) is 8.59. The van der Waals surface area contributed by atoms with Gasteiger partial charge in [0, 0.05) is 22.7 Å². The molecule has 130 valence electrons. The Morgan fingerprint density at radius 3 is 2.31 bits per heavy atom. The highest BCUT2D eigenvalue weighted by Gasteiger charge is 2.14. The molecule has 2 aromatic heterocycles. The van der Waals surface area contributed by atoms with Gasteiger partial charge in [-0.1, -0.05) is 51.1 Å². The van der Waals surface area contributed by atoms with Crippen molar-refractivity contribution in [1.82, 2.24) is 4.57 Å². The summed E-state index contributed by atoms with van der Waals surface area (Å²) in [6.45, 7) is 6.49. The summed E-state index contributed by atoms with van der Waals surface area (Å²) in [6, 6.07) is 17.4. The molecule has 0 amide bonds. The first-order valence-electron chi connectivity index (χ1n) is 8.59. The lowest BCUT2D eigenvalue weighted by Gasteiger charge is -2.19. The van der Waals surface area contributed by atoms with Gasteiger partial charge in [-0.05, 0) is 35.2 Å². The Kier molecular flexibility index (Phi) is 3.58. The van der Waals surface area contributed by atoms with Crippen molar-refractivity contribution in [3.8, 4) is 5.69 Å². The molecule has 0 aliphatic carbocycles. The molecule has 4 rings (SSSR count). The Bertz CT molecular complexity index is 1240. The summed E-state index contributed by atoms with van der Waals surface area (Å²) >= 11 is 0. The molecule has 0 radical (unpaired) electrons. The van der Waals surface area contributed by atoms with E-state index in [-0.39, 0.29) is 10.9 Å². The van der Waals surface area contributed by atoms with Gasteiger partial charge in [-0.25, -0.2) is 4.79 Å². The van der Waals surface area contributed by atoms with Crippen molar-refractivity contribution >= 4 is 21.7 Å². The molecular weight excluding hydrogens is 324 g/mol. The number of hydrogen-bond donors (Lipinski definition) is 1. The lowest BCUT2D eigenvalue weighted by molar-refractivity contribution is 0.568. The second-order valence-electron chi connectivity index (χ2n) is 7.51. The van der Waals surface area contributed by atoms with Crippen molar-refractivity contribution in [2.24, 2.45) is 0 Å². The second-order valence-corrected chi connectivity index (χ2v) is 7.51. The molecule has 4 nitrogen and oxygen atoms in total. The Hall–Kier alpha value is -3.14. The highest BCUT2D eigenvalue weighted by atomic mass is 16.4. The molecule has 0 aliphatic heterocycles. The molecular formula is C22H20N2O2. The number of aromatic nitrogens is 1. The van der Waals surface area contributed by atoms with Crippen molar-refractivity contribution in [3.05, 3.63) is 82.3 Å². The van der Waals surface area contributed by atoms with Crippen LogP contribution in [0, 0.1) is 5.41 Å². The SMILES string of the molecule is CC(C)(C)c1ccc(-n2ccc3c(c(=O)oc4ccccc43)c2=N)cc1. The highest BCUT2D eigenvalue weighted by Crippen LogP contribution is 2.24. The number of nitrogens with one attached hydrogen (secondary N) is 1. The van der Waals surface area contributed by atoms with Gasteiger partial charge in [0.15, 0.2) is 0 Å². The fraction of sp³-hybridized carbons (Fsp3) is 0.182. The van der Waals surface area contributed by atoms with Crippen LogP contribution in [0.3, 0.4) is 0 Å². The van der Waals surface area contributed by atoms with Crippen LogP contribution in [0.4, 0.5) is 0 Å². The Balaban J connectivity index is 1.97. The topological polar surface area (TPSA) is 59.0 Å². The minimum absolute atomic E-state index is 0.0658. The van der Waals surface area contributed by atoms with Gasteiger partial charge in [0.1, 0.15) is 16.5 Å². The average Bonchev–Trinajstić information content (AvgIpc) is 2.61. The minimum atomic E-state index is -0.482. The number of rotatable bonds is 1. The fourth-order valence-electron chi connectivity index (χ4n) is 3.25. The van der Waals surface area contributed by atoms with Crippen LogP contribution >= 0.6 is 0 Å². The maximum absolute atomic E-state index is 12.5. The van der Waals surface area contributed by atoms with E-state index in [0.717, 1.165) is 16.5 Å². The maximum atomic E-state index is 12.5. The molecule has 0 aliphatic rings. The van der Waals surface area contributed by atoms with E-state index in [9.17, 15) is 4.79 Å². The highest BCUT2D eigenvalue weighted by molar-refractivity contribution is 6.03. The lowest BCUT2D eigenvalue weighted by Crippen LogP contribution is -2.23. The smallest absolute Gasteiger partial charge is 0.347 e. The molecule has 2 heterocycles. The molecule has 0 saturated carbocycles. The van der Waals surface area contributed by atoms with Gasteiger partial charge in [-0.15, -0.1) is 0 Å². The van der Waals surface area contributed by atoms with Crippen LogP contribution < -0.4 is 11.1 Å². The van der Waals surface area contributed by atoms with E-state index in [0.29, 0.717) is 11.0 Å². The van der Waals surface area contributed by atoms with Crippen molar-refractivity contribution in [1.29, 1.82) is 5.41 Å². The zero-order chi connectivity index (χ0) is 18.5. The largest absolute Gasteiger partial charge is 0.422 e. The van der Waals surface area contributed by atoms with E-state index in [1.807, 2.05) is 42.6 Å². The molecule has 2 aromatic carbocycles. The minimum Gasteiger partial charge on any atom is -0.422 e. The Morgan fingerprint density at radius 2 is 1.62 bits per heavy atom.